The molecule has 0 radical (unpaired) electrons. The molecule has 2 rings (SSSR count). The van der Waals surface area contributed by atoms with Crippen molar-refractivity contribution in [3.05, 3.63) is 84.2 Å². The molecule has 0 saturated carbocycles. The third-order valence-electron chi connectivity index (χ3n) is 5.75. The van der Waals surface area contributed by atoms with Crippen LogP contribution in [0.25, 0.3) is 0 Å². The second-order valence-electron chi connectivity index (χ2n) is 9.05. The monoisotopic (exact) mass is 493 g/mol. The van der Waals surface area contributed by atoms with Gasteiger partial charge in [0.2, 0.25) is 17.7 Å². The van der Waals surface area contributed by atoms with E-state index in [0.29, 0.717) is 44.5 Å². The van der Waals surface area contributed by atoms with Gasteiger partial charge >= 0.3 is 0 Å². The molecular weight excluding hydrogens is 454 g/mol. The van der Waals surface area contributed by atoms with Crippen LogP contribution in [0.15, 0.2) is 73.1 Å². The molecule has 0 bridgehead atoms. The number of rotatable bonds is 15. The minimum absolute atomic E-state index is 0.0639. The van der Waals surface area contributed by atoms with Crippen LogP contribution in [0.3, 0.4) is 0 Å². The highest BCUT2D eigenvalue weighted by atomic mass is 16.2. The van der Waals surface area contributed by atoms with E-state index in [1.807, 2.05) is 60.7 Å². The average molecular weight is 494 g/mol. The Balaban J connectivity index is 2.12. The molecule has 0 aliphatic carbocycles. The van der Waals surface area contributed by atoms with E-state index in [2.05, 4.69) is 27.8 Å². The topological polar surface area (TPSA) is 125 Å². The summed E-state index contributed by atoms with van der Waals surface area (Å²) < 4.78 is 0. The van der Waals surface area contributed by atoms with Crippen molar-refractivity contribution in [1.29, 1.82) is 0 Å². The highest BCUT2D eigenvalue weighted by Gasteiger charge is 2.23. The fourth-order valence-electron chi connectivity index (χ4n) is 4.13. The van der Waals surface area contributed by atoms with Gasteiger partial charge in [-0.25, -0.2) is 0 Å². The first-order valence-electron chi connectivity index (χ1n) is 12.3. The number of carbonyl (C=O) groups excluding carboxylic acids is 3. The number of carbonyl (C=O) groups is 3. The lowest BCUT2D eigenvalue weighted by Gasteiger charge is -2.26. The summed E-state index contributed by atoms with van der Waals surface area (Å²) >= 11 is 0. The molecule has 0 aliphatic heterocycles. The lowest BCUT2D eigenvalue weighted by molar-refractivity contribution is -0.128. The predicted octanol–water partition coefficient (Wildman–Crippen LogP) is 2.16. The van der Waals surface area contributed by atoms with Crippen molar-refractivity contribution >= 4 is 17.7 Å². The van der Waals surface area contributed by atoms with E-state index in [1.165, 1.54) is 13.8 Å². The minimum Gasteiger partial charge on any atom is -0.386 e. The number of benzene rings is 2. The van der Waals surface area contributed by atoms with Crippen molar-refractivity contribution < 1.29 is 14.4 Å². The Morgan fingerprint density at radius 3 is 1.67 bits per heavy atom. The molecule has 0 fully saturated rings. The molecule has 0 saturated heterocycles. The van der Waals surface area contributed by atoms with Gasteiger partial charge in [-0.1, -0.05) is 67.2 Å². The Kier molecular flexibility index (Phi) is 12.0. The van der Waals surface area contributed by atoms with Crippen molar-refractivity contribution in [3.63, 3.8) is 0 Å². The minimum atomic E-state index is -0.705. The van der Waals surface area contributed by atoms with Gasteiger partial charge in [0.1, 0.15) is 6.04 Å². The Bertz CT molecular complexity index is 981. The SMILES string of the molecule is C=C(N)NCCC(NC(C)=O)C(=O)NC(CCC(Cc1ccccc1)NC(C)=O)Cc1ccccc1. The third kappa shape index (κ3) is 11.6. The van der Waals surface area contributed by atoms with E-state index < -0.39 is 6.04 Å². The first kappa shape index (κ1) is 28.4. The van der Waals surface area contributed by atoms with Crippen LogP contribution in [0.5, 0.6) is 0 Å². The number of hydrogen-bond donors (Lipinski definition) is 5. The summed E-state index contributed by atoms with van der Waals surface area (Å²) in [5.41, 5.74) is 7.79. The van der Waals surface area contributed by atoms with E-state index >= 15 is 0 Å². The second-order valence-corrected chi connectivity index (χ2v) is 9.05. The first-order chi connectivity index (χ1) is 17.2. The normalized spacial score (nSPS) is 13.1. The summed E-state index contributed by atoms with van der Waals surface area (Å²) in [6, 6.07) is 19.0. The number of hydrogen-bond acceptors (Lipinski definition) is 5. The summed E-state index contributed by atoms with van der Waals surface area (Å²) in [5.74, 6) is -0.315. The van der Waals surface area contributed by atoms with Crippen LogP contribution >= 0.6 is 0 Å². The molecule has 36 heavy (non-hydrogen) atoms. The maximum absolute atomic E-state index is 13.2. The van der Waals surface area contributed by atoms with E-state index in [0.717, 1.165) is 11.1 Å². The molecule has 194 valence electrons. The van der Waals surface area contributed by atoms with Crippen LogP contribution in [0.1, 0.15) is 44.2 Å². The summed E-state index contributed by atoms with van der Waals surface area (Å²) in [7, 11) is 0. The predicted molar refractivity (Wildman–Crippen MR) is 143 cm³/mol. The highest BCUT2D eigenvalue weighted by molar-refractivity contribution is 5.87. The van der Waals surface area contributed by atoms with Crippen LogP contribution < -0.4 is 27.0 Å². The molecular formula is C28H39N5O3. The molecule has 8 nitrogen and oxygen atoms in total. The Labute approximate surface area is 214 Å². The van der Waals surface area contributed by atoms with Crippen LogP contribution in [-0.2, 0) is 27.2 Å². The van der Waals surface area contributed by atoms with Crippen molar-refractivity contribution in [2.45, 2.75) is 64.1 Å². The molecule has 0 spiro atoms. The van der Waals surface area contributed by atoms with Gasteiger partial charge in [0.05, 0.1) is 5.82 Å². The van der Waals surface area contributed by atoms with Crippen molar-refractivity contribution in [2.75, 3.05) is 6.54 Å². The van der Waals surface area contributed by atoms with Crippen LogP contribution in [0, 0.1) is 0 Å². The average Bonchev–Trinajstić information content (AvgIpc) is 2.82. The first-order valence-corrected chi connectivity index (χ1v) is 12.3. The standard InChI is InChI=1S/C28H39N5O3/c1-20(29)30-17-16-27(32-22(3)35)28(36)33-26(19-24-12-8-5-9-13-24)15-14-25(31-21(2)34)18-23-10-6-4-7-11-23/h4-13,25-27,30H,1,14-19,29H2,2-3H3,(H,31,34)(H,32,35)(H,33,36). The largest absolute Gasteiger partial charge is 0.386 e. The van der Waals surface area contributed by atoms with Gasteiger partial charge in [0.15, 0.2) is 0 Å². The summed E-state index contributed by atoms with van der Waals surface area (Å²) in [5, 5.41) is 11.8. The van der Waals surface area contributed by atoms with Gasteiger partial charge in [-0.05, 0) is 43.2 Å². The molecule has 0 heterocycles. The van der Waals surface area contributed by atoms with Gasteiger partial charge < -0.3 is 27.0 Å². The quantitative estimate of drug-likeness (QED) is 0.260. The third-order valence-corrected chi connectivity index (χ3v) is 5.75. The second kappa shape index (κ2) is 15.2. The maximum Gasteiger partial charge on any atom is 0.242 e. The summed E-state index contributed by atoms with van der Waals surface area (Å²) in [6.45, 7) is 6.90. The van der Waals surface area contributed by atoms with E-state index in [-0.39, 0.29) is 29.8 Å². The molecule has 3 atom stereocenters. The fraction of sp³-hybridized carbons (Fsp3) is 0.393. The van der Waals surface area contributed by atoms with Gasteiger partial charge in [-0.3, -0.25) is 14.4 Å². The van der Waals surface area contributed by atoms with Crippen molar-refractivity contribution in [1.82, 2.24) is 21.3 Å². The number of nitrogens with one attached hydrogen (secondary N) is 4. The number of nitrogens with two attached hydrogens (primary N) is 1. The van der Waals surface area contributed by atoms with Crippen molar-refractivity contribution in [3.8, 4) is 0 Å². The van der Waals surface area contributed by atoms with Crippen LogP contribution in [-0.4, -0.2) is 42.4 Å². The van der Waals surface area contributed by atoms with Crippen LogP contribution in [0.4, 0.5) is 0 Å². The molecule has 8 heteroatoms. The van der Waals surface area contributed by atoms with Gasteiger partial charge in [-0.2, -0.15) is 0 Å². The Morgan fingerprint density at radius 1 is 0.750 bits per heavy atom. The van der Waals surface area contributed by atoms with Gasteiger partial charge in [0, 0.05) is 32.5 Å². The maximum atomic E-state index is 13.2. The zero-order valence-corrected chi connectivity index (χ0v) is 21.3. The molecule has 2 aromatic carbocycles. The van der Waals surface area contributed by atoms with E-state index in [4.69, 9.17) is 5.73 Å². The summed E-state index contributed by atoms with van der Waals surface area (Å²) in [4.78, 5) is 36.8. The molecule has 2 aromatic rings. The molecule has 0 aliphatic rings. The molecule has 6 N–H and O–H groups in total. The Morgan fingerprint density at radius 2 is 1.22 bits per heavy atom. The van der Waals surface area contributed by atoms with E-state index in [1.54, 1.807) is 0 Å². The van der Waals surface area contributed by atoms with E-state index in [9.17, 15) is 14.4 Å². The molecule has 3 amide bonds. The lowest BCUT2D eigenvalue weighted by Crippen LogP contribution is -2.51. The molecule has 3 unspecified atom stereocenters. The number of amides is 3. The van der Waals surface area contributed by atoms with Crippen LogP contribution in [0.2, 0.25) is 0 Å². The summed E-state index contributed by atoms with van der Waals surface area (Å²) in [6.07, 6.45) is 3.04. The highest BCUT2D eigenvalue weighted by Crippen LogP contribution is 2.13. The zero-order chi connectivity index (χ0) is 26.3. The fourth-order valence-corrected chi connectivity index (χ4v) is 4.13. The zero-order valence-electron chi connectivity index (χ0n) is 21.3. The van der Waals surface area contributed by atoms with Gasteiger partial charge in [-0.15, -0.1) is 0 Å². The smallest absolute Gasteiger partial charge is 0.242 e. The van der Waals surface area contributed by atoms with Crippen molar-refractivity contribution in [2.24, 2.45) is 5.73 Å². The molecule has 0 aromatic heterocycles. The lowest BCUT2D eigenvalue weighted by atomic mass is 9.95. The Hall–Kier alpha value is -3.81. The van der Waals surface area contributed by atoms with Gasteiger partial charge in [0.25, 0.3) is 0 Å².